The second kappa shape index (κ2) is 5.75. The maximum atomic E-state index is 13.1. The largest absolute Gasteiger partial charge is 0.389 e. The van der Waals surface area contributed by atoms with Crippen LogP contribution in [0.5, 0.6) is 0 Å². The van der Waals surface area contributed by atoms with Crippen molar-refractivity contribution >= 4 is 22.9 Å². The van der Waals surface area contributed by atoms with Crippen LogP contribution in [-0.2, 0) is 6.54 Å². The maximum absolute atomic E-state index is 13.1. The SMILES string of the molecule is CN(Cc1cncc(F)c1)c1cccc(C(N)=S)c1. The third-order valence-corrected chi connectivity index (χ3v) is 2.99. The topological polar surface area (TPSA) is 42.2 Å². The minimum Gasteiger partial charge on any atom is -0.389 e. The number of hydrogen-bond acceptors (Lipinski definition) is 3. The summed E-state index contributed by atoms with van der Waals surface area (Å²) in [5.41, 5.74) is 8.20. The molecule has 0 fully saturated rings. The number of pyridine rings is 1. The fraction of sp³-hybridized carbons (Fsp3) is 0.143. The Hall–Kier alpha value is -2.01. The zero-order valence-electron chi connectivity index (χ0n) is 10.5. The lowest BCUT2D eigenvalue weighted by molar-refractivity contribution is 0.618. The van der Waals surface area contributed by atoms with Crippen molar-refractivity contribution in [2.24, 2.45) is 5.73 Å². The lowest BCUT2D eigenvalue weighted by atomic mass is 10.2. The van der Waals surface area contributed by atoms with Crippen molar-refractivity contribution in [3.8, 4) is 0 Å². The van der Waals surface area contributed by atoms with Crippen molar-refractivity contribution < 1.29 is 4.39 Å². The first-order valence-electron chi connectivity index (χ1n) is 5.76. The predicted octanol–water partition coefficient (Wildman–Crippen LogP) is 2.49. The molecule has 0 unspecified atom stereocenters. The highest BCUT2D eigenvalue weighted by Gasteiger charge is 2.05. The van der Waals surface area contributed by atoms with E-state index in [4.69, 9.17) is 18.0 Å². The molecule has 0 spiro atoms. The van der Waals surface area contributed by atoms with Crippen LogP contribution in [0.25, 0.3) is 0 Å². The van der Waals surface area contributed by atoms with Gasteiger partial charge in [0.05, 0.1) is 6.20 Å². The molecule has 0 radical (unpaired) electrons. The van der Waals surface area contributed by atoms with Gasteiger partial charge in [0.1, 0.15) is 10.8 Å². The fourth-order valence-corrected chi connectivity index (χ4v) is 1.93. The van der Waals surface area contributed by atoms with Crippen LogP contribution < -0.4 is 10.6 Å². The van der Waals surface area contributed by atoms with Gasteiger partial charge < -0.3 is 10.6 Å². The first-order valence-corrected chi connectivity index (χ1v) is 6.17. The van der Waals surface area contributed by atoms with E-state index in [1.165, 1.54) is 12.3 Å². The molecular weight excluding hydrogens is 261 g/mol. The Morgan fingerprint density at radius 1 is 1.37 bits per heavy atom. The quantitative estimate of drug-likeness (QED) is 0.871. The fourth-order valence-electron chi connectivity index (χ4n) is 1.80. The Balaban J connectivity index is 2.18. The number of hydrogen-bond donors (Lipinski definition) is 1. The van der Waals surface area contributed by atoms with Crippen LogP contribution in [0.2, 0.25) is 0 Å². The summed E-state index contributed by atoms with van der Waals surface area (Å²) in [7, 11) is 1.92. The summed E-state index contributed by atoms with van der Waals surface area (Å²) >= 11 is 4.95. The Bertz CT molecular complexity index is 601. The van der Waals surface area contributed by atoms with Crippen LogP contribution in [0.3, 0.4) is 0 Å². The summed E-state index contributed by atoms with van der Waals surface area (Å²) < 4.78 is 13.1. The number of nitrogens with zero attached hydrogens (tertiary/aromatic N) is 2. The maximum Gasteiger partial charge on any atom is 0.141 e. The van der Waals surface area contributed by atoms with Gasteiger partial charge in [0.25, 0.3) is 0 Å². The molecule has 0 aliphatic heterocycles. The lowest BCUT2D eigenvalue weighted by Gasteiger charge is -2.20. The van der Waals surface area contributed by atoms with Gasteiger partial charge in [-0.15, -0.1) is 0 Å². The highest BCUT2D eigenvalue weighted by molar-refractivity contribution is 7.80. The van der Waals surface area contributed by atoms with E-state index < -0.39 is 0 Å². The smallest absolute Gasteiger partial charge is 0.141 e. The van der Waals surface area contributed by atoms with Crippen molar-refractivity contribution in [1.82, 2.24) is 4.98 Å². The molecule has 1 aromatic carbocycles. The highest BCUT2D eigenvalue weighted by atomic mass is 32.1. The van der Waals surface area contributed by atoms with Gasteiger partial charge in [0.15, 0.2) is 0 Å². The standard InChI is InChI=1S/C14H14FN3S/c1-18(9-10-5-12(15)8-17-7-10)13-4-2-3-11(6-13)14(16)19/h2-8H,9H2,1H3,(H2,16,19). The van der Waals surface area contributed by atoms with Crippen LogP contribution in [0, 0.1) is 5.82 Å². The molecule has 0 aliphatic carbocycles. The van der Waals surface area contributed by atoms with Gasteiger partial charge in [0.2, 0.25) is 0 Å². The molecule has 0 saturated heterocycles. The normalized spacial score (nSPS) is 10.2. The van der Waals surface area contributed by atoms with Crippen molar-refractivity contribution in [3.05, 3.63) is 59.7 Å². The number of thiocarbonyl (C=S) groups is 1. The zero-order chi connectivity index (χ0) is 13.8. The Morgan fingerprint density at radius 3 is 2.84 bits per heavy atom. The molecule has 3 nitrogen and oxygen atoms in total. The van der Waals surface area contributed by atoms with E-state index in [1.54, 1.807) is 6.20 Å². The number of benzene rings is 1. The number of nitrogens with two attached hydrogens (primary N) is 1. The van der Waals surface area contributed by atoms with E-state index in [0.29, 0.717) is 11.5 Å². The van der Waals surface area contributed by atoms with E-state index in [9.17, 15) is 4.39 Å². The van der Waals surface area contributed by atoms with E-state index in [-0.39, 0.29) is 5.82 Å². The number of aromatic nitrogens is 1. The molecule has 5 heteroatoms. The van der Waals surface area contributed by atoms with Crippen LogP contribution in [0.15, 0.2) is 42.7 Å². The monoisotopic (exact) mass is 275 g/mol. The van der Waals surface area contributed by atoms with Crippen molar-refractivity contribution in [2.45, 2.75) is 6.54 Å². The molecule has 0 aliphatic rings. The zero-order valence-corrected chi connectivity index (χ0v) is 11.3. The van der Waals surface area contributed by atoms with Crippen LogP contribution in [0.4, 0.5) is 10.1 Å². The van der Waals surface area contributed by atoms with Crippen molar-refractivity contribution in [2.75, 3.05) is 11.9 Å². The molecule has 0 saturated carbocycles. The van der Waals surface area contributed by atoms with Crippen molar-refractivity contribution in [1.29, 1.82) is 0 Å². The summed E-state index contributed by atoms with van der Waals surface area (Å²) in [4.78, 5) is 6.18. The molecule has 0 bridgehead atoms. The molecule has 19 heavy (non-hydrogen) atoms. The molecule has 0 amide bonds. The van der Waals surface area contributed by atoms with Crippen LogP contribution in [0.1, 0.15) is 11.1 Å². The van der Waals surface area contributed by atoms with Gasteiger partial charge in [-0.3, -0.25) is 4.98 Å². The predicted molar refractivity (Wildman–Crippen MR) is 78.6 cm³/mol. The van der Waals surface area contributed by atoms with E-state index in [2.05, 4.69) is 4.98 Å². The Labute approximate surface area is 116 Å². The van der Waals surface area contributed by atoms with Gasteiger partial charge >= 0.3 is 0 Å². The molecule has 1 aromatic heterocycles. The van der Waals surface area contributed by atoms with E-state index in [0.717, 1.165) is 16.8 Å². The Kier molecular flexibility index (Phi) is 4.06. The number of halogens is 1. The molecular formula is C14H14FN3S. The molecule has 1 heterocycles. The van der Waals surface area contributed by atoms with Gasteiger partial charge in [-0.1, -0.05) is 24.4 Å². The minimum atomic E-state index is -0.331. The third-order valence-electron chi connectivity index (χ3n) is 2.75. The summed E-state index contributed by atoms with van der Waals surface area (Å²) in [5, 5.41) is 0. The third kappa shape index (κ3) is 3.48. The van der Waals surface area contributed by atoms with Crippen molar-refractivity contribution in [3.63, 3.8) is 0 Å². The number of rotatable bonds is 4. The summed E-state index contributed by atoms with van der Waals surface area (Å²) in [6.45, 7) is 0.561. The lowest BCUT2D eigenvalue weighted by Crippen LogP contribution is -2.18. The first kappa shape index (κ1) is 13.4. The molecule has 2 N–H and O–H groups in total. The van der Waals surface area contributed by atoms with Gasteiger partial charge in [0, 0.05) is 31.0 Å². The molecule has 98 valence electrons. The average Bonchev–Trinajstić information content (AvgIpc) is 2.39. The van der Waals surface area contributed by atoms with Gasteiger partial charge in [-0.2, -0.15) is 0 Å². The summed E-state index contributed by atoms with van der Waals surface area (Å²) in [6.07, 6.45) is 2.84. The second-order valence-electron chi connectivity index (χ2n) is 4.28. The molecule has 0 atom stereocenters. The van der Waals surface area contributed by atoms with Crippen LogP contribution in [-0.4, -0.2) is 17.0 Å². The molecule has 2 aromatic rings. The Morgan fingerprint density at radius 2 is 2.16 bits per heavy atom. The minimum absolute atomic E-state index is 0.331. The van der Waals surface area contributed by atoms with E-state index >= 15 is 0 Å². The molecule has 2 rings (SSSR count). The average molecular weight is 275 g/mol. The van der Waals surface area contributed by atoms with Gasteiger partial charge in [-0.05, 0) is 23.8 Å². The van der Waals surface area contributed by atoms with Gasteiger partial charge in [-0.25, -0.2) is 4.39 Å². The first-order chi connectivity index (χ1) is 9.06. The summed E-state index contributed by atoms with van der Waals surface area (Å²) in [5.74, 6) is -0.331. The van der Waals surface area contributed by atoms with Crippen LogP contribution >= 0.6 is 12.2 Å². The van der Waals surface area contributed by atoms with E-state index in [1.807, 2.05) is 36.2 Å². The second-order valence-corrected chi connectivity index (χ2v) is 4.72. The number of anilines is 1. The summed E-state index contributed by atoms with van der Waals surface area (Å²) in [6, 6.07) is 9.10. The highest BCUT2D eigenvalue weighted by Crippen LogP contribution is 2.17.